The fourth-order valence-electron chi connectivity index (χ4n) is 5.04. The van der Waals surface area contributed by atoms with Crippen molar-refractivity contribution in [3.63, 3.8) is 0 Å². The highest BCUT2D eigenvalue weighted by atomic mass is 35.5. The number of nitrogens with two attached hydrogens (primary N) is 1. The van der Waals surface area contributed by atoms with Crippen LogP contribution in [0.3, 0.4) is 0 Å². The number of pyridine rings is 1. The van der Waals surface area contributed by atoms with Crippen LogP contribution in [0.5, 0.6) is 5.75 Å². The Morgan fingerprint density at radius 1 is 1.18 bits per heavy atom. The summed E-state index contributed by atoms with van der Waals surface area (Å²) in [7, 11) is 0. The number of nitrogens with zero attached hydrogens (tertiary/aromatic N) is 4. The van der Waals surface area contributed by atoms with Crippen LogP contribution in [0.2, 0.25) is 5.02 Å². The number of rotatable bonds is 7. The average molecular weight is 635 g/mol. The Morgan fingerprint density at radius 3 is 2.59 bits per heavy atom. The second-order valence-electron chi connectivity index (χ2n) is 10.8. The lowest BCUT2D eigenvalue weighted by atomic mass is 9.99. The largest absolute Gasteiger partial charge is 0.491 e. The molecule has 0 saturated heterocycles. The van der Waals surface area contributed by atoms with Crippen LogP contribution in [0, 0.1) is 24.5 Å². The predicted molar refractivity (Wildman–Crippen MR) is 156 cm³/mol. The molecule has 44 heavy (non-hydrogen) atoms. The lowest BCUT2D eigenvalue weighted by molar-refractivity contribution is -0.138. The molecule has 0 fully saturated rings. The number of anilines is 2. The van der Waals surface area contributed by atoms with Crippen LogP contribution in [0.25, 0.3) is 16.9 Å². The van der Waals surface area contributed by atoms with Gasteiger partial charge in [0.1, 0.15) is 17.3 Å². The van der Waals surface area contributed by atoms with Gasteiger partial charge in [-0.3, -0.25) is 0 Å². The number of hydrogen-bond acceptors (Lipinski definition) is 5. The molecule has 1 aliphatic heterocycles. The quantitative estimate of drug-likeness (QED) is 0.208. The van der Waals surface area contributed by atoms with Gasteiger partial charge in [-0.25, -0.2) is 23.2 Å². The molecule has 14 heteroatoms. The number of ether oxygens (including phenoxy) is 1. The van der Waals surface area contributed by atoms with E-state index in [1.54, 1.807) is 10.7 Å². The summed E-state index contributed by atoms with van der Waals surface area (Å²) in [5.41, 5.74) is 6.77. The van der Waals surface area contributed by atoms with Crippen molar-refractivity contribution < 1.29 is 31.5 Å². The number of hydrogen-bond donors (Lipinski definition) is 2. The SMILES string of the molecule is Cc1cccc(OCC(C)C)c1-n1nc2c(c1-c1cc(F)c(NC(N)=O)cc1Cl)CN(c1ncc(C(F)(F)F)cc1F)CC2. The summed E-state index contributed by atoms with van der Waals surface area (Å²) in [6, 6.07) is 7.24. The zero-order valence-corrected chi connectivity index (χ0v) is 24.7. The van der Waals surface area contributed by atoms with Gasteiger partial charge < -0.3 is 20.7 Å². The summed E-state index contributed by atoms with van der Waals surface area (Å²) in [6.45, 7) is 6.45. The Labute approximate surface area is 254 Å². The first-order valence-electron chi connectivity index (χ1n) is 13.6. The summed E-state index contributed by atoms with van der Waals surface area (Å²) < 4.78 is 77.5. The van der Waals surface area contributed by atoms with Crippen LogP contribution in [0.15, 0.2) is 42.6 Å². The maximum Gasteiger partial charge on any atom is 0.417 e. The summed E-state index contributed by atoms with van der Waals surface area (Å²) >= 11 is 6.68. The van der Waals surface area contributed by atoms with Crippen molar-refractivity contribution >= 4 is 29.1 Å². The van der Waals surface area contributed by atoms with Gasteiger partial charge in [0.15, 0.2) is 11.6 Å². The Bertz CT molecular complexity index is 1740. The van der Waals surface area contributed by atoms with Crippen molar-refractivity contribution in [1.82, 2.24) is 14.8 Å². The number of aryl methyl sites for hydroxylation is 1. The van der Waals surface area contributed by atoms with E-state index in [2.05, 4.69) is 10.3 Å². The third-order valence-corrected chi connectivity index (χ3v) is 7.35. The second kappa shape index (κ2) is 11.9. The summed E-state index contributed by atoms with van der Waals surface area (Å²) in [5, 5.41) is 7.10. The number of alkyl halides is 3. The number of carbonyl (C=O) groups is 1. The lowest BCUT2D eigenvalue weighted by Gasteiger charge is -2.28. The van der Waals surface area contributed by atoms with Gasteiger partial charge in [0.05, 0.1) is 34.3 Å². The molecule has 2 aromatic carbocycles. The van der Waals surface area contributed by atoms with Gasteiger partial charge in [0.25, 0.3) is 0 Å². The van der Waals surface area contributed by atoms with E-state index in [0.717, 1.165) is 11.6 Å². The number of amides is 2. The number of benzene rings is 2. The molecule has 0 unspecified atom stereocenters. The van der Waals surface area contributed by atoms with E-state index in [0.29, 0.717) is 47.3 Å². The molecule has 8 nitrogen and oxygen atoms in total. The van der Waals surface area contributed by atoms with Crippen LogP contribution in [-0.2, 0) is 19.1 Å². The number of fused-ring (bicyclic) bond motifs is 1. The summed E-state index contributed by atoms with van der Waals surface area (Å²) in [5.74, 6) is -1.50. The zero-order chi connectivity index (χ0) is 31.9. The molecule has 0 bridgehead atoms. The first-order chi connectivity index (χ1) is 20.7. The molecular formula is C30H28ClF5N6O2. The molecule has 0 atom stereocenters. The molecule has 0 spiro atoms. The van der Waals surface area contributed by atoms with Gasteiger partial charge in [0.2, 0.25) is 0 Å². The van der Waals surface area contributed by atoms with Crippen molar-refractivity contribution in [3.8, 4) is 22.7 Å². The third kappa shape index (κ3) is 6.14. The highest BCUT2D eigenvalue weighted by Gasteiger charge is 2.34. The predicted octanol–water partition coefficient (Wildman–Crippen LogP) is 7.28. The molecule has 0 aliphatic carbocycles. The Morgan fingerprint density at radius 2 is 1.93 bits per heavy atom. The van der Waals surface area contributed by atoms with E-state index in [-0.39, 0.29) is 47.5 Å². The molecule has 1 aliphatic rings. The minimum Gasteiger partial charge on any atom is -0.491 e. The molecule has 4 aromatic rings. The minimum absolute atomic E-state index is 0.0206. The number of para-hydroxylation sites is 1. The van der Waals surface area contributed by atoms with Gasteiger partial charge in [-0.15, -0.1) is 0 Å². The van der Waals surface area contributed by atoms with Crippen LogP contribution in [0.1, 0.15) is 36.2 Å². The van der Waals surface area contributed by atoms with E-state index in [4.69, 9.17) is 27.2 Å². The third-order valence-electron chi connectivity index (χ3n) is 7.04. The van der Waals surface area contributed by atoms with E-state index >= 15 is 4.39 Å². The Kier molecular flexibility index (Phi) is 8.43. The smallest absolute Gasteiger partial charge is 0.417 e. The second-order valence-corrected chi connectivity index (χ2v) is 11.2. The van der Waals surface area contributed by atoms with Crippen molar-refractivity contribution in [2.45, 2.75) is 39.9 Å². The van der Waals surface area contributed by atoms with Gasteiger partial charge in [-0.05, 0) is 42.7 Å². The standard InChI is InChI=1S/C30H28ClF5N6O2/c1-15(2)14-44-25-6-4-5-16(3)26(25)42-27(18-10-21(32)24(11-20(18)31)39-29(37)43)19-13-41(8-7-23(19)40-42)28-22(33)9-17(12-38-28)30(34,35)36/h4-6,9-12,15H,7-8,13-14H2,1-3H3,(H3,37,39,43). The molecule has 3 N–H and O–H groups in total. The molecule has 0 saturated carbocycles. The molecule has 232 valence electrons. The first kappa shape index (κ1) is 31.0. The van der Waals surface area contributed by atoms with Crippen molar-refractivity contribution in [2.24, 2.45) is 11.7 Å². The number of aromatic nitrogens is 3. The van der Waals surface area contributed by atoms with Crippen LogP contribution in [0.4, 0.5) is 38.3 Å². The fraction of sp³-hybridized carbons (Fsp3) is 0.300. The van der Waals surface area contributed by atoms with E-state index in [9.17, 15) is 22.4 Å². The Hall–Kier alpha value is -4.39. The topological polar surface area (TPSA) is 98.3 Å². The highest BCUT2D eigenvalue weighted by molar-refractivity contribution is 6.33. The fourth-order valence-corrected chi connectivity index (χ4v) is 5.30. The van der Waals surface area contributed by atoms with Crippen molar-refractivity contribution in [2.75, 3.05) is 23.4 Å². The number of urea groups is 1. The van der Waals surface area contributed by atoms with E-state index < -0.39 is 29.4 Å². The van der Waals surface area contributed by atoms with Gasteiger partial charge in [0, 0.05) is 36.8 Å². The number of primary amides is 1. The van der Waals surface area contributed by atoms with Gasteiger partial charge in [-0.1, -0.05) is 37.6 Å². The number of nitrogens with one attached hydrogen (secondary N) is 1. The molecule has 2 aromatic heterocycles. The number of carbonyl (C=O) groups excluding carboxylic acids is 1. The first-order valence-corrected chi connectivity index (χ1v) is 14.0. The molecule has 3 heterocycles. The van der Waals surface area contributed by atoms with E-state index in [1.165, 1.54) is 11.0 Å². The molecule has 2 amide bonds. The highest BCUT2D eigenvalue weighted by Crippen LogP contribution is 2.42. The van der Waals surface area contributed by atoms with Crippen LogP contribution >= 0.6 is 11.6 Å². The maximum atomic E-state index is 15.3. The zero-order valence-electron chi connectivity index (χ0n) is 23.9. The number of halogens is 6. The summed E-state index contributed by atoms with van der Waals surface area (Å²) in [4.78, 5) is 16.7. The molecule has 0 radical (unpaired) electrons. The minimum atomic E-state index is -4.75. The average Bonchev–Trinajstić information content (AvgIpc) is 3.30. The monoisotopic (exact) mass is 634 g/mol. The normalized spacial score (nSPS) is 13.3. The molecular weight excluding hydrogens is 607 g/mol. The van der Waals surface area contributed by atoms with Gasteiger partial charge in [-0.2, -0.15) is 18.3 Å². The Balaban J connectivity index is 1.69. The summed E-state index contributed by atoms with van der Waals surface area (Å²) in [6.07, 6.45) is -3.90. The van der Waals surface area contributed by atoms with Gasteiger partial charge >= 0.3 is 12.2 Å². The maximum absolute atomic E-state index is 15.3. The van der Waals surface area contributed by atoms with Crippen LogP contribution in [-0.4, -0.2) is 33.9 Å². The van der Waals surface area contributed by atoms with Crippen LogP contribution < -0.4 is 20.7 Å². The lowest BCUT2D eigenvalue weighted by Crippen LogP contribution is -2.32. The van der Waals surface area contributed by atoms with E-state index in [1.807, 2.05) is 32.9 Å². The molecule has 5 rings (SSSR count). The van der Waals surface area contributed by atoms with Crippen molar-refractivity contribution in [3.05, 3.63) is 81.6 Å². The van der Waals surface area contributed by atoms with Crippen molar-refractivity contribution in [1.29, 1.82) is 0 Å².